The van der Waals surface area contributed by atoms with E-state index in [1.807, 2.05) is 43.4 Å². The monoisotopic (exact) mass is 232 g/mol. The summed E-state index contributed by atoms with van der Waals surface area (Å²) in [6.45, 7) is 0. The quantitative estimate of drug-likeness (QED) is 0.628. The molecule has 3 aromatic rings. The number of aryl methyl sites for hydroxylation is 1. The van der Waals surface area contributed by atoms with E-state index in [4.69, 9.17) is 5.26 Å². The standard InChI is InChI=1S/C16H12N2/c1-18-11-15(14-7-2-3-8-16(14)18)13-6-4-5-12(9-13)10-17/h2-9,11H,1H3. The van der Waals surface area contributed by atoms with E-state index in [-0.39, 0.29) is 0 Å². The fourth-order valence-electron chi connectivity index (χ4n) is 2.33. The topological polar surface area (TPSA) is 28.7 Å². The molecule has 0 saturated carbocycles. The summed E-state index contributed by atoms with van der Waals surface area (Å²) < 4.78 is 2.11. The first-order valence-corrected chi connectivity index (χ1v) is 5.84. The van der Waals surface area contributed by atoms with Gasteiger partial charge in [0.1, 0.15) is 0 Å². The number of hydrogen-bond acceptors (Lipinski definition) is 1. The summed E-state index contributed by atoms with van der Waals surface area (Å²) in [4.78, 5) is 0. The molecule has 0 aliphatic rings. The van der Waals surface area contributed by atoms with Crippen LogP contribution < -0.4 is 0 Å². The highest BCUT2D eigenvalue weighted by Gasteiger charge is 2.08. The zero-order valence-electron chi connectivity index (χ0n) is 10.1. The second-order valence-corrected chi connectivity index (χ2v) is 4.36. The highest BCUT2D eigenvalue weighted by Crippen LogP contribution is 2.30. The second kappa shape index (κ2) is 4.05. The summed E-state index contributed by atoms with van der Waals surface area (Å²) in [5, 5.41) is 10.2. The maximum absolute atomic E-state index is 8.97. The number of para-hydroxylation sites is 1. The molecule has 1 heterocycles. The van der Waals surface area contributed by atoms with Gasteiger partial charge in [-0.05, 0) is 23.8 Å². The van der Waals surface area contributed by atoms with E-state index in [9.17, 15) is 0 Å². The van der Waals surface area contributed by atoms with Gasteiger partial charge in [-0.2, -0.15) is 5.26 Å². The first-order valence-electron chi connectivity index (χ1n) is 5.84. The van der Waals surface area contributed by atoms with Gasteiger partial charge in [0.15, 0.2) is 0 Å². The Kier molecular flexibility index (Phi) is 2.39. The van der Waals surface area contributed by atoms with Crippen LogP contribution in [0.2, 0.25) is 0 Å². The molecule has 0 N–H and O–H groups in total. The second-order valence-electron chi connectivity index (χ2n) is 4.36. The lowest BCUT2D eigenvalue weighted by Gasteiger charge is -1.99. The fourth-order valence-corrected chi connectivity index (χ4v) is 2.33. The molecule has 0 bridgehead atoms. The van der Waals surface area contributed by atoms with Crippen molar-refractivity contribution in [2.24, 2.45) is 7.05 Å². The molecule has 0 atom stereocenters. The zero-order chi connectivity index (χ0) is 12.5. The number of rotatable bonds is 1. The van der Waals surface area contributed by atoms with E-state index in [1.165, 1.54) is 16.5 Å². The van der Waals surface area contributed by atoms with Crippen molar-refractivity contribution in [3.05, 3.63) is 60.3 Å². The summed E-state index contributed by atoms with van der Waals surface area (Å²) in [5.41, 5.74) is 4.16. The minimum Gasteiger partial charge on any atom is -0.350 e. The van der Waals surface area contributed by atoms with E-state index in [2.05, 4.69) is 29.0 Å². The number of nitriles is 1. The summed E-state index contributed by atoms with van der Waals surface area (Å²) in [7, 11) is 2.04. The highest BCUT2D eigenvalue weighted by atomic mass is 14.9. The maximum Gasteiger partial charge on any atom is 0.0991 e. The number of nitrogens with zero attached hydrogens (tertiary/aromatic N) is 2. The van der Waals surface area contributed by atoms with Gasteiger partial charge >= 0.3 is 0 Å². The smallest absolute Gasteiger partial charge is 0.0991 e. The molecular weight excluding hydrogens is 220 g/mol. The van der Waals surface area contributed by atoms with Crippen LogP contribution in [0.1, 0.15) is 5.56 Å². The van der Waals surface area contributed by atoms with Crippen LogP contribution >= 0.6 is 0 Å². The molecule has 0 saturated heterocycles. The lowest BCUT2D eigenvalue weighted by molar-refractivity contribution is 0.970. The Morgan fingerprint density at radius 3 is 2.72 bits per heavy atom. The predicted octanol–water partition coefficient (Wildman–Crippen LogP) is 3.72. The van der Waals surface area contributed by atoms with Crippen LogP contribution in [0.25, 0.3) is 22.0 Å². The molecule has 2 nitrogen and oxygen atoms in total. The number of benzene rings is 2. The van der Waals surface area contributed by atoms with Crippen LogP contribution in [0, 0.1) is 11.3 Å². The summed E-state index contributed by atoms with van der Waals surface area (Å²) >= 11 is 0. The number of hydrogen-bond donors (Lipinski definition) is 0. The van der Waals surface area contributed by atoms with Gasteiger partial charge in [0, 0.05) is 29.7 Å². The van der Waals surface area contributed by atoms with Crippen LogP contribution in [0.3, 0.4) is 0 Å². The molecule has 0 spiro atoms. The van der Waals surface area contributed by atoms with Crippen molar-refractivity contribution in [1.82, 2.24) is 4.57 Å². The van der Waals surface area contributed by atoms with Crippen molar-refractivity contribution in [1.29, 1.82) is 5.26 Å². The third-order valence-electron chi connectivity index (χ3n) is 3.20. The van der Waals surface area contributed by atoms with Gasteiger partial charge in [0.05, 0.1) is 11.6 Å². The molecule has 0 fully saturated rings. The minimum absolute atomic E-state index is 0.695. The minimum atomic E-state index is 0.695. The van der Waals surface area contributed by atoms with Crippen LogP contribution in [-0.2, 0) is 7.05 Å². The van der Waals surface area contributed by atoms with Crippen LogP contribution in [-0.4, -0.2) is 4.57 Å². The van der Waals surface area contributed by atoms with Crippen molar-refractivity contribution in [2.45, 2.75) is 0 Å². The van der Waals surface area contributed by atoms with Crippen LogP contribution in [0.4, 0.5) is 0 Å². The molecule has 0 unspecified atom stereocenters. The number of aromatic nitrogens is 1. The molecule has 0 aliphatic heterocycles. The highest BCUT2D eigenvalue weighted by molar-refractivity contribution is 5.96. The average molecular weight is 232 g/mol. The van der Waals surface area contributed by atoms with Gasteiger partial charge in [-0.25, -0.2) is 0 Å². The molecule has 0 aliphatic carbocycles. The van der Waals surface area contributed by atoms with Gasteiger partial charge < -0.3 is 4.57 Å². The molecule has 1 aromatic heterocycles. The van der Waals surface area contributed by atoms with E-state index >= 15 is 0 Å². The zero-order valence-corrected chi connectivity index (χ0v) is 10.1. The third-order valence-corrected chi connectivity index (χ3v) is 3.20. The Balaban J connectivity index is 2.29. The third kappa shape index (κ3) is 1.57. The first kappa shape index (κ1) is 10.6. The van der Waals surface area contributed by atoms with E-state index < -0.39 is 0 Å². The number of fused-ring (bicyclic) bond motifs is 1. The molecule has 18 heavy (non-hydrogen) atoms. The summed E-state index contributed by atoms with van der Waals surface area (Å²) in [6, 6.07) is 18.2. The molecule has 0 radical (unpaired) electrons. The lowest BCUT2D eigenvalue weighted by Crippen LogP contribution is -1.81. The largest absolute Gasteiger partial charge is 0.350 e. The molecule has 3 rings (SSSR count). The Hall–Kier alpha value is -2.53. The molecule has 2 aromatic carbocycles. The predicted molar refractivity (Wildman–Crippen MR) is 73.1 cm³/mol. The van der Waals surface area contributed by atoms with Crippen LogP contribution in [0.15, 0.2) is 54.7 Å². The SMILES string of the molecule is Cn1cc(-c2cccc(C#N)c2)c2ccccc21. The van der Waals surface area contributed by atoms with Crippen molar-refractivity contribution in [2.75, 3.05) is 0 Å². The molecule has 0 amide bonds. The Labute approximate surface area is 106 Å². The Bertz CT molecular complexity index is 760. The average Bonchev–Trinajstić information content (AvgIpc) is 2.77. The summed E-state index contributed by atoms with van der Waals surface area (Å²) in [5.74, 6) is 0. The molecule has 2 heteroatoms. The van der Waals surface area contributed by atoms with Crippen molar-refractivity contribution < 1.29 is 0 Å². The van der Waals surface area contributed by atoms with Crippen LogP contribution in [0.5, 0.6) is 0 Å². The molecule has 86 valence electrons. The molecular formula is C16H12N2. The lowest BCUT2D eigenvalue weighted by atomic mass is 10.0. The van der Waals surface area contributed by atoms with Gasteiger partial charge in [0.25, 0.3) is 0 Å². The fraction of sp³-hybridized carbons (Fsp3) is 0.0625. The van der Waals surface area contributed by atoms with Crippen molar-refractivity contribution in [3.63, 3.8) is 0 Å². The van der Waals surface area contributed by atoms with Gasteiger partial charge in [0.2, 0.25) is 0 Å². The van der Waals surface area contributed by atoms with E-state index in [0.717, 1.165) is 5.56 Å². The Morgan fingerprint density at radius 1 is 1.06 bits per heavy atom. The van der Waals surface area contributed by atoms with E-state index in [0.29, 0.717) is 5.56 Å². The van der Waals surface area contributed by atoms with Gasteiger partial charge in [-0.15, -0.1) is 0 Å². The van der Waals surface area contributed by atoms with Crippen molar-refractivity contribution in [3.8, 4) is 17.2 Å². The Morgan fingerprint density at radius 2 is 1.89 bits per heavy atom. The van der Waals surface area contributed by atoms with Gasteiger partial charge in [-0.1, -0.05) is 30.3 Å². The normalized spacial score (nSPS) is 10.4. The first-order chi connectivity index (χ1) is 8.79. The van der Waals surface area contributed by atoms with E-state index in [1.54, 1.807) is 0 Å². The van der Waals surface area contributed by atoms with Crippen molar-refractivity contribution >= 4 is 10.9 Å². The summed E-state index contributed by atoms with van der Waals surface area (Å²) in [6.07, 6.45) is 2.11. The van der Waals surface area contributed by atoms with Gasteiger partial charge in [-0.3, -0.25) is 0 Å². The maximum atomic E-state index is 8.97.